The summed E-state index contributed by atoms with van der Waals surface area (Å²) in [4.78, 5) is 9.49. The fourth-order valence-electron chi connectivity index (χ4n) is 2.72. The molecule has 0 bridgehead atoms. The Labute approximate surface area is 116 Å². The number of hydrogen-bond acceptors (Lipinski definition) is 4. The van der Waals surface area contributed by atoms with Crippen LogP contribution < -0.4 is 5.32 Å². The Kier molecular flexibility index (Phi) is 3.39. The maximum atomic E-state index is 5.95. The van der Waals surface area contributed by atoms with Crippen LogP contribution in [0.25, 0.3) is 10.2 Å². The highest BCUT2D eigenvalue weighted by atomic mass is 35.5. The molecule has 2 aromatic rings. The molecule has 3 rings (SSSR count). The molecule has 3 nitrogen and oxygen atoms in total. The lowest BCUT2D eigenvalue weighted by Gasteiger charge is -2.16. The molecule has 1 aliphatic rings. The van der Waals surface area contributed by atoms with Crippen LogP contribution in [0.1, 0.15) is 26.2 Å². The van der Waals surface area contributed by atoms with E-state index >= 15 is 0 Å². The zero-order valence-corrected chi connectivity index (χ0v) is 11.9. The topological polar surface area (TPSA) is 37.8 Å². The zero-order chi connectivity index (χ0) is 12.5. The van der Waals surface area contributed by atoms with Crippen LogP contribution in [-0.4, -0.2) is 16.5 Å². The molecule has 0 saturated heterocycles. The lowest BCUT2D eigenvalue weighted by molar-refractivity contribution is 0.439. The van der Waals surface area contributed by atoms with Crippen molar-refractivity contribution in [1.82, 2.24) is 9.97 Å². The van der Waals surface area contributed by atoms with Gasteiger partial charge in [0.05, 0.1) is 5.39 Å². The fraction of sp³-hybridized carbons (Fsp3) is 0.538. The Hall–Kier alpha value is -0.870. The van der Waals surface area contributed by atoms with Crippen LogP contribution >= 0.6 is 22.9 Å². The Morgan fingerprint density at radius 3 is 3.11 bits per heavy atom. The number of aromatic nitrogens is 2. The van der Waals surface area contributed by atoms with Gasteiger partial charge in [0.1, 0.15) is 10.6 Å². The predicted molar refractivity (Wildman–Crippen MR) is 77.4 cm³/mol. The van der Waals surface area contributed by atoms with Gasteiger partial charge in [0.2, 0.25) is 5.28 Å². The molecule has 96 valence electrons. The van der Waals surface area contributed by atoms with Crippen molar-refractivity contribution in [1.29, 1.82) is 0 Å². The van der Waals surface area contributed by atoms with E-state index in [1.54, 1.807) is 11.3 Å². The van der Waals surface area contributed by atoms with E-state index in [1.165, 1.54) is 19.3 Å². The van der Waals surface area contributed by atoms with E-state index < -0.39 is 0 Å². The standard InChI is InChI=1S/C13H16ClN3S/c1-8-3-2-4-9(8)7-15-11-10-5-6-18-12(10)17-13(14)16-11/h5-6,8-9H,2-4,7H2,1H3,(H,15,16,17). The Bertz CT molecular complexity index is 554. The van der Waals surface area contributed by atoms with Crippen LogP contribution in [0.4, 0.5) is 5.82 Å². The molecule has 5 heteroatoms. The molecule has 0 aliphatic heterocycles. The molecule has 1 saturated carbocycles. The highest BCUT2D eigenvalue weighted by Gasteiger charge is 2.23. The van der Waals surface area contributed by atoms with Gasteiger partial charge >= 0.3 is 0 Å². The molecule has 0 aromatic carbocycles. The highest BCUT2D eigenvalue weighted by molar-refractivity contribution is 7.16. The Morgan fingerprint density at radius 1 is 1.44 bits per heavy atom. The van der Waals surface area contributed by atoms with Crippen LogP contribution in [0.15, 0.2) is 11.4 Å². The van der Waals surface area contributed by atoms with Crippen LogP contribution in [0.2, 0.25) is 5.28 Å². The molecule has 1 aliphatic carbocycles. The number of nitrogens with zero attached hydrogens (tertiary/aromatic N) is 2. The molecule has 2 unspecified atom stereocenters. The van der Waals surface area contributed by atoms with Crippen LogP contribution in [-0.2, 0) is 0 Å². The summed E-state index contributed by atoms with van der Waals surface area (Å²) in [7, 11) is 0. The van der Waals surface area contributed by atoms with Gasteiger partial charge in [-0.2, -0.15) is 0 Å². The summed E-state index contributed by atoms with van der Waals surface area (Å²) in [6, 6.07) is 2.05. The van der Waals surface area contributed by atoms with Gasteiger partial charge in [0, 0.05) is 6.54 Å². The van der Waals surface area contributed by atoms with Crippen molar-refractivity contribution in [3.05, 3.63) is 16.7 Å². The monoisotopic (exact) mass is 281 g/mol. The van der Waals surface area contributed by atoms with Crippen LogP contribution in [0.3, 0.4) is 0 Å². The van der Waals surface area contributed by atoms with Crippen molar-refractivity contribution in [3.63, 3.8) is 0 Å². The lowest BCUT2D eigenvalue weighted by Crippen LogP contribution is -2.17. The van der Waals surface area contributed by atoms with Crippen molar-refractivity contribution in [3.8, 4) is 0 Å². The minimum atomic E-state index is 0.326. The molecule has 0 spiro atoms. The van der Waals surface area contributed by atoms with Crippen LogP contribution in [0, 0.1) is 11.8 Å². The second kappa shape index (κ2) is 5.02. The lowest BCUT2D eigenvalue weighted by atomic mass is 9.98. The molecule has 2 aromatic heterocycles. The molecule has 0 amide bonds. The van der Waals surface area contributed by atoms with Gasteiger partial charge < -0.3 is 5.32 Å². The maximum absolute atomic E-state index is 5.95. The molecular formula is C13H16ClN3S. The zero-order valence-electron chi connectivity index (χ0n) is 10.3. The van der Waals surface area contributed by atoms with E-state index in [9.17, 15) is 0 Å². The summed E-state index contributed by atoms with van der Waals surface area (Å²) in [6.07, 6.45) is 4.02. The second-order valence-corrected chi connectivity index (χ2v) is 6.26. The van der Waals surface area contributed by atoms with Gasteiger partial charge in [-0.05, 0) is 41.3 Å². The average Bonchev–Trinajstić information content (AvgIpc) is 2.94. The number of rotatable bonds is 3. The third-order valence-corrected chi connectivity index (χ3v) is 4.84. The normalized spacial score (nSPS) is 23.7. The van der Waals surface area contributed by atoms with Gasteiger partial charge in [0.15, 0.2) is 0 Å². The Morgan fingerprint density at radius 2 is 2.33 bits per heavy atom. The number of anilines is 1. The van der Waals surface area contributed by atoms with Gasteiger partial charge in [-0.3, -0.25) is 0 Å². The van der Waals surface area contributed by atoms with E-state index in [0.717, 1.165) is 34.4 Å². The number of nitrogens with one attached hydrogen (secondary N) is 1. The Balaban J connectivity index is 1.79. The average molecular weight is 282 g/mol. The quantitative estimate of drug-likeness (QED) is 0.857. The van der Waals surface area contributed by atoms with Crippen molar-refractivity contribution in [2.45, 2.75) is 26.2 Å². The first-order chi connectivity index (χ1) is 8.74. The molecule has 1 fully saturated rings. The third kappa shape index (κ3) is 2.31. The SMILES string of the molecule is CC1CCCC1CNc1nc(Cl)nc2sccc12. The van der Waals surface area contributed by atoms with Gasteiger partial charge in [-0.1, -0.05) is 19.8 Å². The van der Waals surface area contributed by atoms with E-state index in [1.807, 2.05) is 5.38 Å². The molecule has 18 heavy (non-hydrogen) atoms. The number of hydrogen-bond donors (Lipinski definition) is 1. The molecule has 0 radical (unpaired) electrons. The molecule has 2 atom stereocenters. The van der Waals surface area contributed by atoms with E-state index in [4.69, 9.17) is 11.6 Å². The largest absolute Gasteiger partial charge is 0.369 e. The predicted octanol–water partition coefficient (Wildman–Crippen LogP) is 4.19. The first-order valence-electron chi connectivity index (χ1n) is 6.38. The van der Waals surface area contributed by atoms with Gasteiger partial charge in [-0.15, -0.1) is 11.3 Å². The first kappa shape index (κ1) is 12.2. The summed E-state index contributed by atoms with van der Waals surface area (Å²) in [5.41, 5.74) is 0. The molecular weight excluding hydrogens is 266 g/mol. The van der Waals surface area contributed by atoms with Crippen molar-refractivity contribution in [2.75, 3.05) is 11.9 Å². The minimum absolute atomic E-state index is 0.326. The third-order valence-electron chi connectivity index (χ3n) is 3.87. The van der Waals surface area contributed by atoms with Crippen molar-refractivity contribution < 1.29 is 0 Å². The summed E-state index contributed by atoms with van der Waals surface area (Å²) >= 11 is 7.55. The summed E-state index contributed by atoms with van der Waals surface area (Å²) in [6.45, 7) is 3.33. The number of fused-ring (bicyclic) bond motifs is 1. The summed E-state index contributed by atoms with van der Waals surface area (Å²) in [5, 5.41) is 6.89. The second-order valence-electron chi connectivity index (χ2n) is 5.03. The number of halogens is 1. The van der Waals surface area contributed by atoms with Gasteiger partial charge in [-0.25, -0.2) is 9.97 Å². The smallest absolute Gasteiger partial charge is 0.225 e. The summed E-state index contributed by atoms with van der Waals surface area (Å²) < 4.78 is 0. The van der Waals surface area contributed by atoms with Crippen LogP contribution in [0.5, 0.6) is 0 Å². The summed E-state index contributed by atoms with van der Waals surface area (Å²) in [5.74, 6) is 2.45. The maximum Gasteiger partial charge on any atom is 0.225 e. The van der Waals surface area contributed by atoms with E-state index in [0.29, 0.717) is 5.28 Å². The minimum Gasteiger partial charge on any atom is -0.369 e. The van der Waals surface area contributed by atoms with E-state index in [-0.39, 0.29) is 0 Å². The number of thiophene rings is 1. The molecule has 1 N–H and O–H groups in total. The van der Waals surface area contributed by atoms with Crippen molar-refractivity contribution >= 4 is 39.0 Å². The van der Waals surface area contributed by atoms with Gasteiger partial charge in [0.25, 0.3) is 0 Å². The molecule has 2 heterocycles. The fourth-order valence-corrected chi connectivity index (χ4v) is 3.70. The highest BCUT2D eigenvalue weighted by Crippen LogP contribution is 2.32. The first-order valence-corrected chi connectivity index (χ1v) is 7.64. The van der Waals surface area contributed by atoms with E-state index in [2.05, 4.69) is 28.3 Å². The van der Waals surface area contributed by atoms with Crippen molar-refractivity contribution in [2.24, 2.45) is 11.8 Å².